The normalized spacial score (nSPS) is 13.2. The molecule has 0 N–H and O–H groups in total. The lowest BCUT2D eigenvalue weighted by atomic mass is 10.1. The number of amides is 1. The van der Waals surface area contributed by atoms with Crippen molar-refractivity contribution in [1.29, 1.82) is 0 Å². The number of nitrogens with zero attached hydrogens (tertiary/aromatic N) is 1. The molecule has 1 heterocycles. The lowest BCUT2D eigenvalue weighted by molar-refractivity contribution is 0.101. The third-order valence-electron chi connectivity index (χ3n) is 1.76. The van der Waals surface area contributed by atoms with Gasteiger partial charge in [0, 0.05) is 17.3 Å². The van der Waals surface area contributed by atoms with Crippen molar-refractivity contribution in [2.75, 3.05) is 0 Å². The van der Waals surface area contributed by atoms with Crippen molar-refractivity contribution in [3.05, 3.63) is 34.9 Å². The molecule has 0 aromatic heterocycles. The molecule has 0 unspecified atom stereocenters. The predicted octanol–water partition coefficient (Wildman–Crippen LogP) is 1.07. The molecule has 0 saturated carbocycles. The van der Waals surface area contributed by atoms with Gasteiger partial charge in [0.2, 0.25) is 0 Å². The van der Waals surface area contributed by atoms with Crippen LogP contribution in [0.5, 0.6) is 0 Å². The second-order valence-electron chi connectivity index (χ2n) is 2.53. The van der Waals surface area contributed by atoms with Gasteiger partial charge < -0.3 is 0 Å². The van der Waals surface area contributed by atoms with Gasteiger partial charge in [-0.25, -0.2) is 4.99 Å². The highest BCUT2D eigenvalue weighted by Crippen LogP contribution is 2.15. The molecule has 1 aliphatic rings. The average molecular weight is 159 g/mol. The summed E-state index contributed by atoms with van der Waals surface area (Å²) in [4.78, 5) is 24.9. The molecule has 0 radical (unpaired) electrons. The molecule has 2 rings (SSSR count). The van der Waals surface area contributed by atoms with E-state index in [1.165, 1.54) is 6.21 Å². The molecule has 0 atom stereocenters. The minimum absolute atomic E-state index is 0.234. The zero-order chi connectivity index (χ0) is 8.55. The second-order valence-corrected chi connectivity index (χ2v) is 2.53. The van der Waals surface area contributed by atoms with Crippen LogP contribution in [0.2, 0.25) is 0 Å². The van der Waals surface area contributed by atoms with Crippen LogP contribution in [0.1, 0.15) is 26.3 Å². The zero-order valence-corrected chi connectivity index (χ0v) is 6.15. The van der Waals surface area contributed by atoms with E-state index in [2.05, 4.69) is 4.99 Å². The molecule has 0 spiro atoms. The minimum atomic E-state index is -0.234. The van der Waals surface area contributed by atoms with Gasteiger partial charge in [-0.05, 0) is 12.1 Å². The van der Waals surface area contributed by atoms with Crippen LogP contribution in [0, 0.1) is 0 Å². The summed E-state index contributed by atoms with van der Waals surface area (Å²) in [5.74, 6) is -0.234. The lowest BCUT2D eigenvalue weighted by Crippen LogP contribution is -1.92. The molecule has 0 bridgehead atoms. The van der Waals surface area contributed by atoms with Crippen molar-refractivity contribution in [2.45, 2.75) is 0 Å². The molecule has 12 heavy (non-hydrogen) atoms. The fourth-order valence-corrected chi connectivity index (χ4v) is 1.15. The summed E-state index contributed by atoms with van der Waals surface area (Å²) < 4.78 is 0. The predicted molar refractivity (Wildman–Crippen MR) is 43.8 cm³/mol. The van der Waals surface area contributed by atoms with Crippen molar-refractivity contribution in [3.63, 3.8) is 0 Å². The Morgan fingerprint density at radius 1 is 1.33 bits per heavy atom. The fourth-order valence-electron chi connectivity index (χ4n) is 1.15. The molecule has 58 valence electrons. The number of carbonyl (C=O) groups is 2. The van der Waals surface area contributed by atoms with E-state index in [9.17, 15) is 9.59 Å². The molecule has 1 aliphatic heterocycles. The van der Waals surface area contributed by atoms with E-state index in [1.54, 1.807) is 18.2 Å². The van der Waals surface area contributed by atoms with Gasteiger partial charge in [0.05, 0.1) is 5.56 Å². The van der Waals surface area contributed by atoms with Crippen LogP contribution < -0.4 is 0 Å². The Kier molecular flexibility index (Phi) is 1.37. The van der Waals surface area contributed by atoms with E-state index < -0.39 is 0 Å². The summed E-state index contributed by atoms with van der Waals surface area (Å²) in [6.07, 6.45) is 2.22. The molecular formula is C9H5NO2. The third kappa shape index (κ3) is 0.871. The molecule has 0 fully saturated rings. The molecule has 1 amide bonds. The topological polar surface area (TPSA) is 46.5 Å². The van der Waals surface area contributed by atoms with Crippen molar-refractivity contribution < 1.29 is 9.59 Å². The maximum absolute atomic E-state index is 11.0. The molecule has 3 nitrogen and oxygen atoms in total. The Morgan fingerprint density at radius 3 is 2.92 bits per heavy atom. The van der Waals surface area contributed by atoms with Crippen molar-refractivity contribution in [3.8, 4) is 0 Å². The Morgan fingerprint density at radius 2 is 2.17 bits per heavy atom. The van der Waals surface area contributed by atoms with Gasteiger partial charge >= 0.3 is 0 Å². The number of hydrogen-bond donors (Lipinski definition) is 0. The Labute approximate surface area is 68.7 Å². The van der Waals surface area contributed by atoms with E-state index in [0.29, 0.717) is 11.1 Å². The first-order valence-electron chi connectivity index (χ1n) is 3.49. The zero-order valence-electron chi connectivity index (χ0n) is 6.15. The summed E-state index contributed by atoms with van der Waals surface area (Å²) in [6, 6.07) is 4.88. The Bertz CT molecular complexity index is 394. The first kappa shape index (κ1) is 6.91. The van der Waals surface area contributed by atoms with Gasteiger partial charge in [0.25, 0.3) is 5.91 Å². The summed E-state index contributed by atoms with van der Waals surface area (Å²) in [7, 11) is 0. The smallest absolute Gasteiger partial charge is 0.277 e. The van der Waals surface area contributed by atoms with Crippen LogP contribution in [-0.4, -0.2) is 18.4 Å². The molecule has 1 aromatic carbocycles. The average Bonchev–Trinajstić information content (AvgIpc) is 2.47. The van der Waals surface area contributed by atoms with E-state index in [1.807, 2.05) is 0 Å². The van der Waals surface area contributed by atoms with E-state index >= 15 is 0 Å². The standard InChI is InChI=1S/C9H5NO2/c11-5-6-1-2-8-7(3-6)4-10-9(8)12/h1-5H. The number of benzene rings is 1. The molecule has 3 heteroatoms. The maximum atomic E-state index is 11.0. The number of aldehydes is 1. The largest absolute Gasteiger partial charge is 0.298 e. The minimum Gasteiger partial charge on any atom is -0.298 e. The van der Waals surface area contributed by atoms with Crippen molar-refractivity contribution in [1.82, 2.24) is 0 Å². The van der Waals surface area contributed by atoms with Gasteiger partial charge in [-0.1, -0.05) is 6.07 Å². The highest BCUT2D eigenvalue weighted by Gasteiger charge is 2.14. The molecule has 0 aliphatic carbocycles. The highest BCUT2D eigenvalue weighted by molar-refractivity contribution is 6.13. The fraction of sp³-hybridized carbons (Fsp3) is 0. The summed E-state index contributed by atoms with van der Waals surface area (Å²) in [6.45, 7) is 0. The van der Waals surface area contributed by atoms with Gasteiger partial charge in [0.1, 0.15) is 6.29 Å². The highest BCUT2D eigenvalue weighted by atomic mass is 16.1. The number of fused-ring (bicyclic) bond motifs is 1. The van der Waals surface area contributed by atoms with Crippen LogP contribution in [-0.2, 0) is 0 Å². The quantitative estimate of drug-likeness (QED) is 0.575. The van der Waals surface area contributed by atoms with Gasteiger partial charge in [-0.2, -0.15) is 0 Å². The Hall–Kier alpha value is -1.77. The summed E-state index contributed by atoms with van der Waals surface area (Å²) >= 11 is 0. The molecule has 1 aromatic rings. The second kappa shape index (κ2) is 2.37. The van der Waals surface area contributed by atoms with E-state index in [0.717, 1.165) is 11.8 Å². The van der Waals surface area contributed by atoms with Crippen molar-refractivity contribution in [2.24, 2.45) is 4.99 Å². The summed E-state index contributed by atoms with van der Waals surface area (Å²) in [5.41, 5.74) is 1.86. The van der Waals surface area contributed by atoms with Gasteiger partial charge in [0.15, 0.2) is 0 Å². The van der Waals surface area contributed by atoms with Crippen LogP contribution in [0.3, 0.4) is 0 Å². The monoisotopic (exact) mass is 159 g/mol. The lowest BCUT2D eigenvalue weighted by Gasteiger charge is -1.94. The maximum Gasteiger partial charge on any atom is 0.277 e. The molecular weight excluding hydrogens is 154 g/mol. The van der Waals surface area contributed by atoms with E-state index in [4.69, 9.17) is 0 Å². The number of carbonyl (C=O) groups excluding carboxylic acids is 2. The summed E-state index contributed by atoms with van der Waals surface area (Å²) in [5, 5.41) is 0. The van der Waals surface area contributed by atoms with Crippen LogP contribution >= 0.6 is 0 Å². The van der Waals surface area contributed by atoms with Gasteiger partial charge in [-0.3, -0.25) is 9.59 Å². The third-order valence-corrected chi connectivity index (χ3v) is 1.76. The van der Waals surface area contributed by atoms with Crippen LogP contribution in [0.25, 0.3) is 0 Å². The first-order valence-corrected chi connectivity index (χ1v) is 3.49. The SMILES string of the molecule is O=Cc1ccc2c(c1)C=NC2=O. The Balaban J connectivity index is 2.61. The van der Waals surface area contributed by atoms with E-state index in [-0.39, 0.29) is 5.91 Å². The van der Waals surface area contributed by atoms with Crippen LogP contribution in [0.15, 0.2) is 23.2 Å². The first-order chi connectivity index (χ1) is 5.81. The molecule has 0 saturated heterocycles. The van der Waals surface area contributed by atoms with Crippen LogP contribution in [0.4, 0.5) is 0 Å². The van der Waals surface area contributed by atoms with Crippen molar-refractivity contribution >= 4 is 18.4 Å². The number of rotatable bonds is 1. The van der Waals surface area contributed by atoms with Gasteiger partial charge in [-0.15, -0.1) is 0 Å². The number of hydrogen-bond acceptors (Lipinski definition) is 2. The number of aliphatic imine (C=N–C) groups is 1.